The van der Waals surface area contributed by atoms with Gasteiger partial charge >= 0.3 is 0 Å². The van der Waals surface area contributed by atoms with Crippen molar-refractivity contribution in [2.45, 2.75) is 26.2 Å². The zero-order chi connectivity index (χ0) is 39.4. The SMILES string of the molecule is CC(C)(C)c1cc2c3c(c1)Oc1c(c4ccccc4c4c1c1ccccc1n4-c1ccccc1)B3c1c(cc(N(c3ccccc3)c3ccccc3)c3ccccc13)O2. The van der Waals surface area contributed by atoms with E-state index in [0.717, 1.165) is 94.8 Å². The summed E-state index contributed by atoms with van der Waals surface area (Å²) in [5.74, 6) is 3.47. The van der Waals surface area contributed by atoms with E-state index in [1.54, 1.807) is 0 Å². The van der Waals surface area contributed by atoms with E-state index in [0.29, 0.717) is 0 Å². The lowest BCUT2D eigenvalue weighted by atomic mass is 9.33. The van der Waals surface area contributed by atoms with Gasteiger partial charge < -0.3 is 18.9 Å². The Hall–Kier alpha value is -7.24. The third-order valence-corrected chi connectivity index (χ3v) is 12.4. The number of ether oxygens (including phenoxy) is 2. The van der Waals surface area contributed by atoms with E-state index < -0.39 is 0 Å². The molecule has 0 aliphatic carbocycles. The van der Waals surface area contributed by atoms with Crippen LogP contribution in [-0.2, 0) is 5.41 Å². The number of anilines is 3. The molecular formula is C54H39BN2O2. The van der Waals surface area contributed by atoms with E-state index in [1.165, 1.54) is 16.2 Å². The summed E-state index contributed by atoms with van der Waals surface area (Å²) in [7, 11) is 0. The second-order valence-electron chi connectivity index (χ2n) is 16.8. The number of para-hydroxylation sites is 4. The Labute approximate surface area is 343 Å². The monoisotopic (exact) mass is 758 g/mol. The predicted molar refractivity (Wildman–Crippen MR) is 247 cm³/mol. The quantitative estimate of drug-likeness (QED) is 0.167. The van der Waals surface area contributed by atoms with Gasteiger partial charge in [-0.25, -0.2) is 0 Å². The molecule has 12 rings (SSSR count). The molecular weight excluding hydrogens is 719 g/mol. The topological polar surface area (TPSA) is 26.6 Å². The molecule has 1 aromatic heterocycles. The molecule has 10 aromatic rings. The van der Waals surface area contributed by atoms with Crippen LogP contribution < -0.4 is 30.8 Å². The van der Waals surface area contributed by atoms with Crippen molar-refractivity contribution in [1.29, 1.82) is 0 Å². The number of fused-ring (bicyclic) bond motifs is 13. The number of rotatable bonds is 4. The van der Waals surface area contributed by atoms with Gasteiger partial charge in [-0.2, -0.15) is 0 Å². The molecule has 9 aromatic carbocycles. The Kier molecular flexibility index (Phi) is 7.25. The van der Waals surface area contributed by atoms with E-state index in [-0.39, 0.29) is 12.1 Å². The van der Waals surface area contributed by atoms with Gasteiger partial charge in [0, 0.05) is 44.8 Å². The molecule has 0 fully saturated rings. The van der Waals surface area contributed by atoms with Gasteiger partial charge in [0.15, 0.2) is 0 Å². The molecule has 2 aliphatic heterocycles. The van der Waals surface area contributed by atoms with Crippen LogP contribution in [0.25, 0.3) is 49.0 Å². The van der Waals surface area contributed by atoms with E-state index in [4.69, 9.17) is 9.47 Å². The van der Waals surface area contributed by atoms with E-state index in [1.807, 2.05) is 0 Å². The summed E-state index contributed by atoms with van der Waals surface area (Å²) < 4.78 is 17.1. The Morgan fingerprint density at radius 3 is 1.63 bits per heavy atom. The normalized spacial score (nSPS) is 12.9. The van der Waals surface area contributed by atoms with Gasteiger partial charge in [-0.3, -0.25) is 0 Å². The minimum Gasteiger partial charge on any atom is -0.458 e. The van der Waals surface area contributed by atoms with Crippen molar-refractivity contribution in [1.82, 2.24) is 4.57 Å². The first kappa shape index (κ1) is 33.9. The fourth-order valence-corrected chi connectivity index (χ4v) is 9.80. The number of hydrogen-bond acceptors (Lipinski definition) is 3. The summed E-state index contributed by atoms with van der Waals surface area (Å²) in [6.07, 6.45) is 0. The summed E-state index contributed by atoms with van der Waals surface area (Å²) in [6, 6.07) is 65.3. The smallest absolute Gasteiger partial charge is 0.262 e. The predicted octanol–water partition coefficient (Wildman–Crippen LogP) is 12.6. The van der Waals surface area contributed by atoms with Crippen molar-refractivity contribution in [3.05, 3.63) is 188 Å². The van der Waals surface area contributed by atoms with Gasteiger partial charge in [-0.05, 0) is 87.3 Å². The first-order valence-electron chi connectivity index (χ1n) is 20.5. The summed E-state index contributed by atoms with van der Waals surface area (Å²) in [4.78, 5) is 2.35. The molecule has 0 amide bonds. The molecule has 59 heavy (non-hydrogen) atoms. The number of benzene rings is 9. The molecule has 0 saturated carbocycles. The lowest BCUT2D eigenvalue weighted by Gasteiger charge is -2.37. The molecule has 4 nitrogen and oxygen atoms in total. The molecule has 5 heteroatoms. The van der Waals surface area contributed by atoms with Crippen molar-refractivity contribution in [3.8, 4) is 28.7 Å². The largest absolute Gasteiger partial charge is 0.458 e. The Bertz CT molecular complexity index is 3280. The van der Waals surface area contributed by atoms with Crippen LogP contribution in [0.3, 0.4) is 0 Å². The maximum absolute atomic E-state index is 7.44. The van der Waals surface area contributed by atoms with E-state index in [9.17, 15) is 0 Å². The summed E-state index contributed by atoms with van der Waals surface area (Å²) in [6.45, 7) is 6.61. The Morgan fingerprint density at radius 1 is 0.475 bits per heavy atom. The molecule has 0 spiro atoms. The van der Waals surface area contributed by atoms with Gasteiger partial charge in [-0.15, -0.1) is 0 Å². The highest BCUT2D eigenvalue weighted by atomic mass is 16.5. The van der Waals surface area contributed by atoms with E-state index >= 15 is 0 Å². The van der Waals surface area contributed by atoms with Crippen LogP contribution in [0, 0.1) is 0 Å². The number of hydrogen-bond donors (Lipinski definition) is 0. The summed E-state index contributed by atoms with van der Waals surface area (Å²) >= 11 is 0. The Balaban J connectivity index is 1.23. The molecule has 0 atom stereocenters. The fourth-order valence-electron chi connectivity index (χ4n) is 9.80. The van der Waals surface area contributed by atoms with Crippen LogP contribution in [0.2, 0.25) is 0 Å². The second kappa shape index (κ2) is 12.6. The lowest BCUT2D eigenvalue weighted by Crippen LogP contribution is -2.58. The van der Waals surface area contributed by atoms with Crippen molar-refractivity contribution in [2.24, 2.45) is 0 Å². The molecule has 2 aliphatic rings. The van der Waals surface area contributed by atoms with Crippen molar-refractivity contribution in [3.63, 3.8) is 0 Å². The average Bonchev–Trinajstić information content (AvgIpc) is 3.63. The highest BCUT2D eigenvalue weighted by molar-refractivity contribution is 7.01. The van der Waals surface area contributed by atoms with Crippen LogP contribution in [0.5, 0.6) is 23.0 Å². The van der Waals surface area contributed by atoms with Crippen molar-refractivity contribution >= 4 is 83.5 Å². The first-order chi connectivity index (χ1) is 28.9. The maximum atomic E-state index is 7.44. The zero-order valence-electron chi connectivity index (χ0n) is 33.1. The zero-order valence-corrected chi connectivity index (χ0v) is 33.1. The van der Waals surface area contributed by atoms with Crippen LogP contribution in [0.4, 0.5) is 17.1 Å². The third-order valence-electron chi connectivity index (χ3n) is 12.4. The maximum Gasteiger partial charge on any atom is 0.262 e. The molecule has 3 heterocycles. The third kappa shape index (κ3) is 4.98. The van der Waals surface area contributed by atoms with Gasteiger partial charge in [-0.1, -0.05) is 142 Å². The molecule has 0 bridgehead atoms. The fraction of sp³-hybridized carbons (Fsp3) is 0.0741. The summed E-state index contributed by atoms with van der Waals surface area (Å²) in [5.41, 5.74) is 11.1. The van der Waals surface area contributed by atoms with Crippen molar-refractivity contribution < 1.29 is 9.47 Å². The van der Waals surface area contributed by atoms with Crippen LogP contribution >= 0.6 is 0 Å². The minimum atomic E-state index is -0.171. The standard InChI is InChI=1S/C54H39BN2O2/c1-54(2,3)34-31-45-51-46(32-34)59-53-48-42-29-17-18-30-43(42)57(37-23-11-6-12-24-37)52(48)41-28-16-15-27-40(41)50(53)55(51)49-39-26-14-13-25-38(39)44(33-47(49)58-45)56(35-19-7-4-8-20-35)36-21-9-5-10-22-36/h4-33H,1-3H3. The van der Waals surface area contributed by atoms with Crippen LogP contribution in [0.1, 0.15) is 26.3 Å². The average molecular weight is 759 g/mol. The van der Waals surface area contributed by atoms with Gasteiger partial charge in [0.2, 0.25) is 0 Å². The number of nitrogens with zero attached hydrogens (tertiary/aromatic N) is 2. The van der Waals surface area contributed by atoms with Gasteiger partial charge in [0.1, 0.15) is 23.0 Å². The van der Waals surface area contributed by atoms with Gasteiger partial charge in [0.25, 0.3) is 6.71 Å². The molecule has 0 unspecified atom stereocenters. The molecule has 280 valence electrons. The molecule has 0 saturated heterocycles. The highest BCUT2D eigenvalue weighted by Gasteiger charge is 2.45. The Morgan fingerprint density at radius 2 is 0.983 bits per heavy atom. The highest BCUT2D eigenvalue weighted by Crippen LogP contribution is 2.49. The molecule has 0 N–H and O–H groups in total. The minimum absolute atomic E-state index is 0.150. The van der Waals surface area contributed by atoms with Crippen molar-refractivity contribution in [2.75, 3.05) is 4.90 Å². The first-order valence-corrected chi connectivity index (χ1v) is 20.5. The second-order valence-corrected chi connectivity index (χ2v) is 16.8. The van der Waals surface area contributed by atoms with Crippen LogP contribution in [-0.4, -0.2) is 11.3 Å². The molecule has 0 radical (unpaired) electrons. The number of aromatic nitrogens is 1. The lowest BCUT2D eigenvalue weighted by molar-refractivity contribution is 0.461. The van der Waals surface area contributed by atoms with E-state index in [2.05, 4.69) is 212 Å². The van der Waals surface area contributed by atoms with Crippen LogP contribution in [0.15, 0.2) is 182 Å². The summed E-state index contributed by atoms with van der Waals surface area (Å²) in [5, 5.41) is 6.96. The van der Waals surface area contributed by atoms with Gasteiger partial charge in [0.05, 0.1) is 22.1 Å².